The molecule has 2 aromatic rings. The number of hydrogen-bond acceptors (Lipinski definition) is 5. The van der Waals surface area contributed by atoms with Crippen molar-refractivity contribution in [3.05, 3.63) is 71.8 Å². The lowest BCUT2D eigenvalue weighted by Crippen LogP contribution is -2.39. The Morgan fingerprint density at radius 3 is 2.37 bits per heavy atom. The Hall–Kier alpha value is -3.12. The first-order chi connectivity index (χ1) is 13.0. The topological polar surface area (TPSA) is 76.1 Å². The highest BCUT2D eigenvalue weighted by atomic mass is 16.5. The fraction of sp³-hybridized carbons (Fsp3) is 0.238. The molecule has 0 saturated heterocycles. The first kappa shape index (κ1) is 18.7. The van der Waals surface area contributed by atoms with Gasteiger partial charge in [0.05, 0.1) is 24.8 Å². The lowest BCUT2D eigenvalue weighted by atomic mass is 10.1. The summed E-state index contributed by atoms with van der Waals surface area (Å²) in [5, 5.41) is 10.3. The average Bonchev–Trinajstić information content (AvgIpc) is 2.92. The summed E-state index contributed by atoms with van der Waals surface area (Å²) in [4.78, 5) is 25.7. The predicted molar refractivity (Wildman–Crippen MR) is 100 cm³/mol. The third-order valence-corrected chi connectivity index (χ3v) is 4.31. The molecule has 140 valence electrons. The average molecular weight is 367 g/mol. The molecular formula is C21H21NO5. The van der Waals surface area contributed by atoms with Gasteiger partial charge in [-0.25, -0.2) is 0 Å². The number of amides is 2. The van der Waals surface area contributed by atoms with Crippen LogP contribution >= 0.6 is 0 Å². The molecule has 2 amide bonds. The van der Waals surface area contributed by atoms with Crippen LogP contribution in [-0.2, 0) is 6.42 Å². The predicted octanol–water partition coefficient (Wildman–Crippen LogP) is 2.46. The van der Waals surface area contributed by atoms with E-state index < -0.39 is 17.9 Å². The number of allylic oxidation sites excluding steroid dienone is 1. The summed E-state index contributed by atoms with van der Waals surface area (Å²) < 4.78 is 10.9. The van der Waals surface area contributed by atoms with E-state index in [0.29, 0.717) is 29.0 Å². The van der Waals surface area contributed by atoms with E-state index in [4.69, 9.17) is 9.47 Å². The monoisotopic (exact) mass is 367 g/mol. The molecule has 1 heterocycles. The number of fused-ring (bicyclic) bond motifs is 1. The molecule has 1 unspecified atom stereocenters. The Balaban J connectivity index is 1.62. The number of methoxy groups -OCH3 is 1. The molecule has 3 rings (SSSR count). The van der Waals surface area contributed by atoms with Crippen molar-refractivity contribution in [2.45, 2.75) is 12.5 Å². The number of imide groups is 1. The molecule has 6 nitrogen and oxygen atoms in total. The Bertz CT molecular complexity index is 842. The smallest absolute Gasteiger partial charge is 0.261 e. The van der Waals surface area contributed by atoms with Crippen LogP contribution < -0.4 is 9.47 Å². The Morgan fingerprint density at radius 1 is 1.11 bits per heavy atom. The van der Waals surface area contributed by atoms with Crippen molar-refractivity contribution in [1.29, 1.82) is 0 Å². The Labute approximate surface area is 157 Å². The standard InChI is InChI=1S/C21H21NO5/c1-3-6-14-9-10-18(19(11-14)26-2)27-13-15(23)12-22-20(24)16-7-4-5-8-17(16)21(22)25/h3-5,7-11,15,23H,1,6,12-13H2,2H3. The van der Waals surface area contributed by atoms with Gasteiger partial charge < -0.3 is 14.6 Å². The van der Waals surface area contributed by atoms with E-state index in [1.807, 2.05) is 12.1 Å². The van der Waals surface area contributed by atoms with Crippen molar-refractivity contribution in [2.24, 2.45) is 0 Å². The highest BCUT2D eigenvalue weighted by Crippen LogP contribution is 2.29. The van der Waals surface area contributed by atoms with Gasteiger partial charge >= 0.3 is 0 Å². The molecule has 0 aromatic heterocycles. The van der Waals surface area contributed by atoms with Crippen LogP contribution in [0.4, 0.5) is 0 Å². The highest BCUT2D eigenvalue weighted by molar-refractivity contribution is 6.21. The Morgan fingerprint density at radius 2 is 1.78 bits per heavy atom. The summed E-state index contributed by atoms with van der Waals surface area (Å²) in [7, 11) is 1.54. The number of aliphatic hydroxyl groups excluding tert-OH is 1. The van der Waals surface area contributed by atoms with E-state index in [9.17, 15) is 14.7 Å². The van der Waals surface area contributed by atoms with E-state index in [0.717, 1.165) is 10.5 Å². The van der Waals surface area contributed by atoms with E-state index in [2.05, 4.69) is 6.58 Å². The number of β-amino-alcohol motifs (C(OH)–C–C–N with tert-alkyl or cyclic N) is 1. The van der Waals surface area contributed by atoms with Crippen LogP contribution in [0.5, 0.6) is 11.5 Å². The second-order valence-corrected chi connectivity index (χ2v) is 6.21. The number of nitrogens with zero attached hydrogens (tertiary/aromatic N) is 1. The number of hydrogen-bond donors (Lipinski definition) is 1. The lowest BCUT2D eigenvalue weighted by Gasteiger charge is -2.19. The van der Waals surface area contributed by atoms with Crippen molar-refractivity contribution in [2.75, 3.05) is 20.3 Å². The SMILES string of the molecule is C=CCc1ccc(OCC(O)CN2C(=O)c3ccccc3C2=O)c(OC)c1. The molecule has 1 N–H and O–H groups in total. The zero-order valence-corrected chi connectivity index (χ0v) is 15.1. The first-order valence-corrected chi connectivity index (χ1v) is 8.59. The molecule has 0 radical (unpaired) electrons. The van der Waals surface area contributed by atoms with Crippen LogP contribution in [0.3, 0.4) is 0 Å². The van der Waals surface area contributed by atoms with E-state index in [-0.39, 0.29) is 13.2 Å². The molecule has 1 aliphatic heterocycles. The van der Waals surface area contributed by atoms with Crippen LogP contribution in [0.25, 0.3) is 0 Å². The van der Waals surface area contributed by atoms with Crippen LogP contribution in [0.15, 0.2) is 55.1 Å². The van der Waals surface area contributed by atoms with Gasteiger partial charge in [-0.15, -0.1) is 6.58 Å². The molecule has 0 bridgehead atoms. The summed E-state index contributed by atoms with van der Waals surface area (Å²) in [5.74, 6) is 0.219. The molecule has 0 saturated carbocycles. The molecular weight excluding hydrogens is 346 g/mol. The quantitative estimate of drug-likeness (QED) is 0.573. The van der Waals surface area contributed by atoms with Crippen molar-refractivity contribution in [3.63, 3.8) is 0 Å². The van der Waals surface area contributed by atoms with Crippen LogP contribution in [-0.4, -0.2) is 48.2 Å². The van der Waals surface area contributed by atoms with Gasteiger partial charge in [0.25, 0.3) is 11.8 Å². The molecule has 6 heteroatoms. The highest BCUT2D eigenvalue weighted by Gasteiger charge is 2.36. The number of carbonyl (C=O) groups is 2. The largest absolute Gasteiger partial charge is 0.493 e. The first-order valence-electron chi connectivity index (χ1n) is 8.59. The van der Waals surface area contributed by atoms with Crippen LogP contribution in [0.1, 0.15) is 26.3 Å². The van der Waals surface area contributed by atoms with E-state index in [1.54, 1.807) is 36.4 Å². The number of benzene rings is 2. The normalized spacial score (nSPS) is 14.1. The molecule has 0 fully saturated rings. The van der Waals surface area contributed by atoms with Crippen LogP contribution in [0.2, 0.25) is 0 Å². The van der Waals surface area contributed by atoms with E-state index >= 15 is 0 Å². The second kappa shape index (κ2) is 8.05. The number of ether oxygens (including phenoxy) is 2. The minimum absolute atomic E-state index is 0.0788. The lowest BCUT2D eigenvalue weighted by molar-refractivity contribution is 0.0453. The zero-order chi connectivity index (χ0) is 19.4. The van der Waals surface area contributed by atoms with Gasteiger partial charge in [0, 0.05) is 0 Å². The summed E-state index contributed by atoms with van der Waals surface area (Å²) in [6.07, 6.45) is 1.48. The van der Waals surface area contributed by atoms with Gasteiger partial charge in [-0.05, 0) is 36.2 Å². The van der Waals surface area contributed by atoms with Crippen molar-refractivity contribution >= 4 is 11.8 Å². The van der Waals surface area contributed by atoms with Crippen LogP contribution in [0, 0.1) is 0 Å². The maximum atomic E-state index is 12.3. The number of aliphatic hydroxyl groups is 1. The minimum Gasteiger partial charge on any atom is -0.493 e. The van der Waals surface area contributed by atoms with Gasteiger partial charge in [0.2, 0.25) is 0 Å². The summed E-state index contributed by atoms with van der Waals surface area (Å²) in [5.41, 5.74) is 1.74. The summed E-state index contributed by atoms with van der Waals surface area (Å²) >= 11 is 0. The van der Waals surface area contributed by atoms with E-state index in [1.165, 1.54) is 7.11 Å². The van der Waals surface area contributed by atoms with Gasteiger partial charge in [-0.2, -0.15) is 0 Å². The fourth-order valence-electron chi connectivity index (χ4n) is 2.98. The third kappa shape index (κ3) is 3.85. The molecule has 27 heavy (non-hydrogen) atoms. The maximum absolute atomic E-state index is 12.3. The number of rotatable bonds is 8. The van der Waals surface area contributed by atoms with Crippen molar-refractivity contribution < 1.29 is 24.2 Å². The second-order valence-electron chi connectivity index (χ2n) is 6.21. The van der Waals surface area contributed by atoms with Crippen molar-refractivity contribution in [1.82, 2.24) is 4.90 Å². The molecule has 0 spiro atoms. The van der Waals surface area contributed by atoms with Gasteiger partial charge in [0.1, 0.15) is 12.7 Å². The van der Waals surface area contributed by atoms with Crippen molar-refractivity contribution in [3.8, 4) is 11.5 Å². The third-order valence-electron chi connectivity index (χ3n) is 4.31. The molecule has 2 aromatic carbocycles. The molecule has 1 atom stereocenters. The summed E-state index contributed by atoms with van der Waals surface area (Å²) in [6.45, 7) is 3.49. The fourth-order valence-corrected chi connectivity index (χ4v) is 2.98. The molecule has 0 aliphatic carbocycles. The number of carbonyl (C=O) groups excluding carboxylic acids is 2. The van der Waals surface area contributed by atoms with Gasteiger partial charge in [-0.3, -0.25) is 14.5 Å². The molecule has 1 aliphatic rings. The zero-order valence-electron chi connectivity index (χ0n) is 15.1. The summed E-state index contributed by atoms with van der Waals surface area (Å²) in [6, 6.07) is 12.1. The Kier molecular flexibility index (Phi) is 5.57. The maximum Gasteiger partial charge on any atom is 0.261 e. The minimum atomic E-state index is -1.02. The van der Waals surface area contributed by atoms with Gasteiger partial charge in [0.15, 0.2) is 11.5 Å². The van der Waals surface area contributed by atoms with Gasteiger partial charge in [-0.1, -0.05) is 24.3 Å².